The van der Waals surface area contributed by atoms with Gasteiger partial charge in [-0.2, -0.15) is 0 Å². The number of nitrogens with zero attached hydrogens (tertiary/aromatic N) is 1. The molecule has 0 saturated carbocycles. The van der Waals surface area contributed by atoms with Gasteiger partial charge in [0.15, 0.2) is 0 Å². The lowest BCUT2D eigenvalue weighted by Gasteiger charge is -2.09. The fraction of sp³-hybridized carbons (Fsp3) is 0.389. The molecule has 8 heteroatoms. The second kappa shape index (κ2) is 9.78. The van der Waals surface area contributed by atoms with Crippen LogP contribution in [0.15, 0.2) is 27.2 Å². The van der Waals surface area contributed by atoms with Crippen molar-refractivity contribution in [2.75, 3.05) is 17.6 Å². The molecule has 0 fully saturated rings. The second-order valence-electron chi connectivity index (χ2n) is 5.90. The highest BCUT2D eigenvalue weighted by molar-refractivity contribution is 9.10. The fourth-order valence-electron chi connectivity index (χ4n) is 2.26. The molecule has 140 valence electrons. The van der Waals surface area contributed by atoms with Gasteiger partial charge in [-0.15, -0.1) is 11.8 Å². The van der Waals surface area contributed by atoms with Crippen molar-refractivity contribution < 1.29 is 14.1 Å². The van der Waals surface area contributed by atoms with Crippen molar-refractivity contribution in [3.63, 3.8) is 0 Å². The van der Waals surface area contributed by atoms with Gasteiger partial charge in [0.2, 0.25) is 11.8 Å². The lowest BCUT2D eigenvalue weighted by atomic mass is 10.2. The molecule has 0 saturated heterocycles. The van der Waals surface area contributed by atoms with Crippen LogP contribution in [0.1, 0.15) is 29.0 Å². The molecule has 0 radical (unpaired) electrons. The first kappa shape index (κ1) is 20.5. The third-order valence-electron chi connectivity index (χ3n) is 3.81. The van der Waals surface area contributed by atoms with E-state index < -0.39 is 0 Å². The summed E-state index contributed by atoms with van der Waals surface area (Å²) in [6.07, 6.45) is 0.228. The number of nitrogens with one attached hydrogen (secondary N) is 2. The van der Waals surface area contributed by atoms with E-state index in [2.05, 4.69) is 31.7 Å². The Morgan fingerprint density at radius 3 is 2.69 bits per heavy atom. The summed E-state index contributed by atoms with van der Waals surface area (Å²) in [7, 11) is 0. The maximum Gasteiger partial charge on any atom is 0.230 e. The molecule has 1 heterocycles. The Labute approximate surface area is 165 Å². The van der Waals surface area contributed by atoms with E-state index in [1.54, 1.807) is 0 Å². The summed E-state index contributed by atoms with van der Waals surface area (Å²) in [5.74, 6) is 1.58. The quantitative estimate of drug-likeness (QED) is 0.654. The van der Waals surface area contributed by atoms with Crippen LogP contribution in [-0.2, 0) is 15.3 Å². The van der Waals surface area contributed by atoms with Crippen LogP contribution in [0.4, 0.5) is 5.69 Å². The minimum Gasteiger partial charge on any atom is -0.361 e. The molecule has 26 heavy (non-hydrogen) atoms. The zero-order valence-electron chi connectivity index (χ0n) is 15.0. The first-order chi connectivity index (χ1) is 12.4. The van der Waals surface area contributed by atoms with E-state index in [0.717, 1.165) is 32.7 Å². The van der Waals surface area contributed by atoms with Crippen LogP contribution in [-0.4, -0.2) is 29.3 Å². The highest BCUT2D eigenvalue weighted by Gasteiger charge is 2.11. The molecular formula is C18H22BrN3O3S. The molecule has 2 rings (SSSR count). The molecular weight excluding hydrogens is 418 g/mol. The van der Waals surface area contributed by atoms with E-state index in [1.165, 1.54) is 11.8 Å². The standard InChI is InChI=1S/C18H22BrN3O3S/c1-11-4-5-14(19)8-16(11)21-17(23)6-7-20-18(24)10-26-9-15-12(2)22-25-13(15)3/h4-5,8H,6-7,9-10H2,1-3H3,(H,20,24)(H,21,23). The van der Waals surface area contributed by atoms with Gasteiger partial charge in [0.1, 0.15) is 5.76 Å². The summed E-state index contributed by atoms with van der Waals surface area (Å²) in [5.41, 5.74) is 3.65. The van der Waals surface area contributed by atoms with Crippen LogP contribution in [0.25, 0.3) is 0 Å². The third kappa shape index (κ3) is 6.17. The second-order valence-corrected chi connectivity index (χ2v) is 7.80. The molecule has 0 unspecified atom stereocenters. The molecule has 1 aromatic carbocycles. The van der Waals surface area contributed by atoms with Crippen LogP contribution < -0.4 is 10.6 Å². The van der Waals surface area contributed by atoms with Gasteiger partial charge in [-0.25, -0.2) is 0 Å². The van der Waals surface area contributed by atoms with Crippen molar-refractivity contribution in [1.82, 2.24) is 10.5 Å². The molecule has 1 aromatic heterocycles. The van der Waals surface area contributed by atoms with Crippen LogP contribution >= 0.6 is 27.7 Å². The first-order valence-electron chi connectivity index (χ1n) is 8.19. The van der Waals surface area contributed by atoms with Gasteiger partial charge in [-0.05, 0) is 38.5 Å². The first-order valence-corrected chi connectivity index (χ1v) is 10.1. The van der Waals surface area contributed by atoms with Crippen molar-refractivity contribution in [3.8, 4) is 0 Å². The van der Waals surface area contributed by atoms with Gasteiger partial charge in [0.05, 0.1) is 11.4 Å². The summed E-state index contributed by atoms with van der Waals surface area (Å²) in [5, 5.41) is 9.51. The molecule has 2 amide bonds. The average Bonchev–Trinajstić information content (AvgIpc) is 2.90. The predicted molar refractivity (Wildman–Crippen MR) is 107 cm³/mol. The average molecular weight is 440 g/mol. The zero-order chi connectivity index (χ0) is 19.1. The third-order valence-corrected chi connectivity index (χ3v) is 5.26. The van der Waals surface area contributed by atoms with Gasteiger partial charge in [0.25, 0.3) is 0 Å². The summed E-state index contributed by atoms with van der Waals surface area (Å²) < 4.78 is 6.00. The summed E-state index contributed by atoms with van der Waals surface area (Å²) in [4.78, 5) is 23.9. The lowest BCUT2D eigenvalue weighted by molar-refractivity contribution is -0.119. The zero-order valence-corrected chi connectivity index (χ0v) is 17.4. The van der Waals surface area contributed by atoms with Crippen LogP contribution in [0.3, 0.4) is 0 Å². The Kier molecular flexibility index (Phi) is 7.71. The van der Waals surface area contributed by atoms with Crippen molar-refractivity contribution in [1.29, 1.82) is 0 Å². The molecule has 2 N–H and O–H groups in total. The Hall–Kier alpha value is -1.80. The minimum atomic E-state index is -0.130. The number of benzene rings is 1. The number of hydrogen-bond acceptors (Lipinski definition) is 5. The van der Waals surface area contributed by atoms with Gasteiger partial charge >= 0.3 is 0 Å². The van der Waals surface area contributed by atoms with E-state index >= 15 is 0 Å². The van der Waals surface area contributed by atoms with Crippen LogP contribution in [0, 0.1) is 20.8 Å². The monoisotopic (exact) mass is 439 g/mol. The Balaban J connectivity index is 1.66. The number of anilines is 1. The number of aryl methyl sites for hydroxylation is 3. The van der Waals surface area contributed by atoms with E-state index in [-0.39, 0.29) is 18.2 Å². The van der Waals surface area contributed by atoms with Gasteiger partial charge in [0, 0.05) is 34.4 Å². The highest BCUT2D eigenvalue weighted by atomic mass is 79.9. The molecule has 0 aliphatic carbocycles. The van der Waals surface area contributed by atoms with Gasteiger partial charge in [-0.1, -0.05) is 27.2 Å². The number of halogens is 1. The predicted octanol–water partition coefficient (Wildman–Crippen LogP) is 3.74. The number of aromatic nitrogens is 1. The number of carbonyl (C=O) groups excluding carboxylic acids is 2. The summed E-state index contributed by atoms with van der Waals surface area (Å²) in [6.45, 7) is 5.99. The van der Waals surface area contributed by atoms with E-state index in [0.29, 0.717) is 18.1 Å². The largest absolute Gasteiger partial charge is 0.361 e. The topological polar surface area (TPSA) is 84.2 Å². The maximum atomic E-state index is 12.0. The van der Waals surface area contributed by atoms with Crippen LogP contribution in [0.5, 0.6) is 0 Å². The highest BCUT2D eigenvalue weighted by Crippen LogP contribution is 2.21. The number of hydrogen-bond donors (Lipinski definition) is 2. The SMILES string of the molecule is Cc1ccc(Br)cc1NC(=O)CCNC(=O)CSCc1c(C)noc1C. The molecule has 0 atom stereocenters. The number of rotatable bonds is 8. The van der Waals surface area contributed by atoms with Crippen molar-refractivity contribution >= 4 is 45.2 Å². The Bertz CT molecular complexity index is 772. The van der Waals surface area contributed by atoms with Crippen molar-refractivity contribution in [2.24, 2.45) is 0 Å². The van der Waals surface area contributed by atoms with E-state index in [1.807, 2.05) is 39.0 Å². The smallest absolute Gasteiger partial charge is 0.230 e. The van der Waals surface area contributed by atoms with Gasteiger partial charge in [-0.3, -0.25) is 9.59 Å². The Morgan fingerprint density at radius 2 is 2.00 bits per heavy atom. The Morgan fingerprint density at radius 1 is 1.23 bits per heavy atom. The number of thioether (sulfide) groups is 1. The number of carbonyl (C=O) groups is 2. The van der Waals surface area contributed by atoms with Crippen molar-refractivity contribution in [3.05, 3.63) is 45.3 Å². The van der Waals surface area contributed by atoms with E-state index in [4.69, 9.17) is 4.52 Å². The molecule has 0 bridgehead atoms. The van der Waals surface area contributed by atoms with Crippen molar-refractivity contribution in [2.45, 2.75) is 32.9 Å². The number of amides is 2. The molecule has 0 aliphatic heterocycles. The minimum absolute atomic E-state index is 0.0896. The molecule has 0 aliphatic rings. The lowest BCUT2D eigenvalue weighted by Crippen LogP contribution is -2.29. The van der Waals surface area contributed by atoms with Gasteiger partial charge < -0.3 is 15.2 Å². The molecule has 0 spiro atoms. The maximum absolute atomic E-state index is 12.0. The van der Waals surface area contributed by atoms with Crippen LogP contribution in [0.2, 0.25) is 0 Å². The fourth-order valence-corrected chi connectivity index (χ4v) is 3.63. The summed E-state index contributed by atoms with van der Waals surface area (Å²) >= 11 is 4.88. The molecule has 2 aromatic rings. The molecule has 6 nitrogen and oxygen atoms in total. The normalized spacial score (nSPS) is 10.6. The van der Waals surface area contributed by atoms with E-state index in [9.17, 15) is 9.59 Å². The summed E-state index contributed by atoms with van der Waals surface area (Å²) in [6, 6.07) is 5.71.